The molecule has 0 aromatic heterocycles. The predicted octanol–water partition coefficient (Wildman–Crippen LogP) is 1.74. The van der Waals surface area contributed by atoms with E-state index in [1.54, 1.807) is 26.2 Å². The summed E-state index contributed by atoms with van der Waals surface area (Å²) in [6.45, 7) is 6.72. The fourth-order valence-electron chi connectivity index (χ4n) is 2.46. The second-order valence-electron chi connectivity index (χ2n) is 5.57. The van der Waals surface area contributed by atoms with E-state index in [4.69, 9.17) is 14.2 Å². The summed E-state index contributed by atoms with van der Waals surface area (Å²) in [5.41, 5.74) is 1.43. The first kappa shape index (κ1) is 17.2. The van der Waals surface area contributed by atoms with Crippen LogP contribution >= 0.6 is 0 Å². The first-order valence-corrected chi connectivity index (χ1v) is 8.68. The topological polar surface area (TPSA) is 73.9 Å². The van der Waals surface area contributed by atoms with Crippen molar-refractivity contribution < 1.29 is 22.6 Å². The average Bonchev–Trinajstić information content (AvgIpc) is 2.87. The third-order valence-corrected chi connectivity index (χ3v) is 5.35. The Bertz CT molecular complexity index is 636. The van der Waals surface area contributed by atoms with Crippen LogP contribution in [0.5, 0.6) is 5.75 Å². The molecule has 124 valence electrons. The lowest BCUT2D eigenvalue weighted by Crippen LogP contribution is -2.33. The average molecular weight is 329 g/mol. The Morgan fingerprint density at radius 1 is 1.23 bits per heavy atom. The van der Waals surface area contributed by atoms with Crippen molar-refractivity contribution in [3.05, 3.63) is 23.3 Å². The Morgan fingerprint density at radius 3 is 2.45 bits per heavy atom. The van der Waals surface area contributed by atoms with Crippen molar-refractivity contribution in [1.82, 2.24) is 4.72 Å². The minimum Gasteiger partial charge on any atom is -0.496 e. The van der Waals surface area contributed by atoms with Crippen molar-refractivity contribution >= 4 is 10.0 Å². The Kier molecular flexibility index (Phi) is 5.11. The highest BCUT2D eigenvalue weighted by molar-refractivity contribution is 7.89. The number of hydrogen-bond acceptors (Lipinski definition) is 5. The molecule has 6 nitrogen and oxygen atoms in total. The molecule has 1 saturated heterocycles. The molecular formula is C15H23NO5S. The molecule has 1 aromatic carbocycles. The van der Waals surface area contributed by atoms with Crippen molar-refractivity contribution in [2.45, 2.75) is 37.9 Å². The fraction of sp³-hybridized carbons (Fsp3) is 0.600. The molecule has 0 aliphatic carbocycles. The smallest absolute Gasteiger partial charge is 0.240 e. The van der Waals surface area contributed by atoms with Crippen LogP contribution in [-0.2, 0) is 19.5 Å². The van der Waals surface area contributed by atoms with Crippen molar-refractivity contribution in [3.8, 4) is 5.75 Å². The van der Waals surface area contributed by atoms with E-state index in [1.807, 2.05) is 13.8 Å². The Hall–Kier alpha value is -1.15. The van der Waals surface area contributed by atoms with Gasteiger partial charge in [0.25, 0.3) is 0 Å². The highest BCUT2D eigenvalue weighted by Crippen LogP contribution is 2.26. The summed E-state index contributed by atoms with van der Waals surface area (Å²) < 4.78 is 43.6. The zero-order valence-corrected chi connectivity index (χ0v) is 14.2. The first-order chi connectivity index (χ1) is 10.3. The maximum Gasteiger partial charge on any atom is 0.240 e. The van der Waals surface area contributed by atoms with Gasteiger partial charge in [-0.3, -0.25) is 0 Å². The number of ether oxygens (including phenoxy) is 3. The molecule has 0 amide bonds. The van der Waals surface area contributed by atoms with Crippen LogP contribution in [0.25, 0.3) is 0 Å². The van der Waals surface area contributed by atoms with E-state index in [-0.39, 0.29) is 11.4 Å². The summed E-state index contributed by atoms with van der Waals surface area (Å²) >= 11 is 0. The van der Waals surface area contributed by atoms with Gasteiger partial charge in [0.15, 0.2) is 5.79 Å². The molecule has 1 aromatic rings. The number of benzene rings is 1. The lowest BCUT2D eigenvalue weighted by atomic mass is 10.1. The second kappa shape index (κ2) is 6.54. The van der Waals surface area contributed by atoms with Crippen LogP contribution in [0.2, 0.25) is 0 Å². The van der Waals surface area contributed by atoms with Gasteiger partial charge in [-0.2, -0.15) is 0 Å². The molecule has 1 heterocycles. The molecule has 0 spiro atoms. The Labute approximate surface area is 131 Å². The van der Waals surface area contributed by atoms with Gasteiger partial charge in [-0.1, -0.05) is 0 Å². The van der Waals surface area contributed by atoms with E-state index in [2.05, 4.69) is 4.72 Å². The summed E-state index contributed by atoms with van der Waals surface area (Å²) in [6.07, 6.45) is 0.459. The Morgan fingerprint density at radius 2 is 1.86 bits per heavy atom. The predicted molar refractivity (Wildman–Crippen MR) is 82.6 cm³/mol. The van der Waals surface area contributed by atoms with Gasteiger partial charge in [-0.25, -0.2) is 13.1 Å². The molecular weight excluding hydrogens is 306 g/mol. The SMILES string of the molecule is COc1cc(C)c(S(=O)(=O)NCCC2(C)OCCO2)cc1C. The summed E-state index contributed by atoms with van der Waals surface area (Å²) in [4.78, 5) is 0.268. The van der Waals surface area contributed by atoms with Crippen LogP contribution in [-0.4, -0.2) is 41.1 Å². The minimum atomic E-state index is -3.57. The molecule has 1 aliphatic heterocycles. The number of rotatable bonds is 6. The lowest BCUT2D eigenvalue weighted by molar-refractivity contribution is -0.145. The Balaban J connectivity index is 2.08. The molecule has 1 aliphatic rings. The zero-order valence-electron chi connectivity index (χ0n) is 13.4. The highest BCUT2D eigenvalue weighted by atomic mass is 32.2. The maximum absolute atomic E-state index is 12.4. The lowest BCUT2D eigenvalue weighted by Gasteiger charge is -2.22. The molecule has 0 radical (unpaired) electrons. The van der Waals surface area contributed by atoms with Crippen molar-refractivity contribution in [2.75, 3.05) is 26.9 Å². The van der Waals surface area contributed by atoms with Crippen molar-refractivity contribution in [3.63, 3.8) is 0 Å². The molecule has 0 saturated carbocycles. The molecule has 1 fully saturated rings. The summed E-state index contributed by atoms with van der Waals surface area (Å²) in [5, 5.41) is 0. The van der Waals surface area contributed by atoms with Crippen LogP contribution in [0.15, 0.2) is 17.0 Å². The van der Waals surface area contributed by atoms with Gasteiger partial charge in [0, 0.05) is 13.0 Å². The quantitative estimate of drug-likeness (QED) is 0.860. The van der Waals surface area contributed by atoms with E-state index in [0.717, 1.165) is 5.56 Å². The molecule has 22 heavy (non-hydrogen) atoms. The van der Waals surface area contributed by atoms with Gasteiger partial charge in [-0.05, 0) is 44.0 Å². The van der Waals surface area contributed by atoms with Gasteiger partial charge in [0.1, 0.15) is 5.75 Å². The number of aryl methyl sites for hydroxylation is 2. The molecule has 0 unspecified atom stereocenters. The normalized spacial score (nSPS) is 17.6. The van der Waals surface area contributed by atoms with E-state index in [0.29, 0.717) is 30.9 Å². The van der Waals surface area contributed by atoms with Crippen molar-refractivity contribution in [2.24, 2.45) is 0 Å². The second-order valence-corrected chi connectivity index (χ2v) is 7.30. The van der Waals surface area contributed by atoms with Crippen LogP contribution in [0.1, 0.15) is 24.5 Å². The van der Waals surface area contributed by atoms with E-state index >= 15 is 0 Å². The van der Waals surface area contributed by atoms with Gasteiger partial charge in [0.2, 0.25) is 10.0 Å². The van der Waals surface area contributed by atoms with E-state index in [9.17, 15) is 8.42 Å². The molecule has 1 N–H and O–H groups in total. The molecule has 0 atom stereocenters. The van der Waals surface area contributed by atoms with Crippen molar-refractivity contribution in [1.29, 1.82) is 0 Å². The zero-order chi connectivity index (χ0) is 16.4. The number of sulfonamides is 1. The van der Waals surface area contributed by atoms with Crippen LogP contribution in [0.4, 0.5) is 0 Å². The van der Waals surface area contributed by atoms with Crippen LogP contribution in [0.3, 0.4) is 0 Å². The van der Waals surface area contributed by atoms with Crippen LogP contribution in [0, 0.1) is 13.8 Å². The molecule has 7 heteroatoms. The standard InChI is InChI=1S/C15H23NO5S/c1-11-10-14(12(2)9-13(11)19-4)22(17,18)16-6-5-15(3)20-7-8-21-15/h9-10,16H,5-8H2,1-4H3. The largest absolute Gasteiger partial charge is 0.496 e. The minimum absolute atomic E-state index is 0.253. The summed E-state index contributed by atoms with van der Waals surface area (Å²) in [5.74, 6) is -0.0235. The van der Waals surface area contributed by atoms with E-state index < -0.39 is 15.8 Å². The number of hydrogen-bond donors (Lipinski definition) is 1. The molecule has 2 rings (SSSR count). The van der Waals surface area contributed by atoms with Gasteiger partial charge < -0.3 is 14.2 Å². The first-order valence-electron chi connectivity index (χ1n) is 7.20. The van der Waals surface area contributed by atoms with Gasteiger partial charge in [-0.15, -0.1) is 0 Å². The van der Waals surface area contributed by atoms with Gasteiger partial charge in [0.05, 0.1) is 25.2 Å². The van der Waals surface area contributed by atoms with Gasteiger partial charge >= 0.3 is 0 Å². The van der Waals surface area contributed by atoms with Crippen LogP contribution < -0.4 is 9.46 Å². The maximum atomic E-state index is 12.4. The third-order valence-electron chi connectivity index (χ3n) is 3.75. The third kappa shape index (κ3) is 3.78. The van der Waals surface area contributed by atoms with E-state index in [1.165, 1.54) is 0 Å². The summed E-state index contributed by atoms with van der Waals surface area (Å²) in [7, 11) is -2.01. The highest BCUT2D eigenvalue weighted by Gasteiger charge is 2.31. The summed E-state index contributed by atoms with van der Waals surface area (Å²) in [6, 6.07) is 3.36. The number of methoxy groups -OCH3 is 1. The molecule has 0 bridgehead atoms. The fourth-order valence-corrected chi connectivity index (χ4v) is 3.81. The monoisotopic (exact) mass is 329 g/mol. The number of nitrogens with one attached hydrogen (secondary N) is 1.